The van der Waals surface area contributed by atoms with E-state index in [-0.39, 0.29) is 10.6 Å². The van der Waals surface area contributed by atoms with Crippen LogP contribution in [0.4, 0.5) is 11.4 Å². The summed E-state index contributed by atoms with van der Waals surface area (Å²) in [7, 11) is -3.29. The lowest BCUT2D eigenvalue weighted by atomic mass is 10.2. The second-order valence-corrected chi connectivity index (χ2v) is 6.94. The van der Waals surface area contributed by atoms with E-state index in [1.807, 2.05) is 17.5 Å². The molecular formula is C12H14N2O2S2. The van der Waals surface area contributed by atoms with Gasteiger partial charge in [0.15, 0.2) is 9.84 Å². The maximum absolute atomic E-state index is 11.5. The summed E-state index contributed by atoms with van der Waals surface area (Å²) in [6, 6.07) is 8.95. The second-order valence-electron chi connectivity index (χ2n) is 3.92. The van der Waals surface area contributed by atoms with Gasteiger partial charge in [-0.25, -0.2) is 8.42 Å². The summed E-state index contributed by atoms with van der Waals surface area (Å²) < 4.78 is 23.1. The average molecular weight is 282 g/mol. The predicted molar refractivity (Wildman–Crippen MR) is 75.6 cm³/mol. The van der Waals surface area contributed by atoms with Crippen molar-refractivity contribution in [2.24, 2.45) is 0 Å². The molecule has 4 nitrogen and oxygen atoms in total. The molecule has 3 N–H and O–H groups in total. The molecule has 96 valence electrons. The van der Waals surface area contributed by atoms with E-state index in [4.69, 9.17) is 5.73 Å². The Hall–Kier alpha value is -1.53. The largest absolute Gasteiger partial charge is 0.396 e. The van der Waals surface area contributed by atoms with Crippen LogP contribution in [-0.2, 0) is 16.4 Å². The molecule has 0 spiro atoms. The minimum atomic E-state index is -3.29. The standard InChI is InChI=1S/C12H14N2O2S2/c1-18(15,16)11-6-2-5-10(12(11)13)14-8-9-4-3-7-17-9/h2-7,14H,8,13H2,1H3. The van der Waals surface area contributed by atoms with Crippen LogP contribution in [0.15, 0.2) is 40.6 Å². The molecule has 1 heterocycles. The van der Waals surface area contributed by atoms with Gasteiger partial charge in [0.2, 0.25) is 0 Å². The van der Waals surface area contributed by atoms with Crippen LogP contribution in [0, 0.1) is 0 Å². The Morgan fingerprint density at radius 2 is 2.06 bits per heavy atom. The van der Waals surface area contributed by atoms with Crippen molar-refractivity contribution in [2.45, 2.75) is 11.4 Å². The molecule has 2 rings (SSSR count). The zero-order valence-electron chi connectivity index (χ0n) is 9.88. The van der Waals surface area contributed by atoms with Crippen molar-refractivity contribution < 1.29 is 8.42 Å². The minimum Gasteiger partial charge on any atom is -0.396 e. The Morgan fingerprint density at radius 1 is 1.28 bits per heavy atom. The van der Waals surface area contributed by atoms with E-state index in [1.165, 1.54) is 10.9 Å². The van der Waals surface area contributed by atoms with Gasteiger partial charge in [0.25, 0.3) is 0 Å². The number of thiophene rings is 1. The van der Waals surface area contributed by atoms with Crippen molar-refractivity contribution in [3.05, 3.63) is 40.6 Å². The molecule has 6 heteroatoms. The number of hydrogen-bond acceptors (Lipinski definition) is 5. The number of benzene rings is 1. The molecule has 1 aromatic carbocycles. The third-order valence-electron chi connectivity index (χ3n) is 2.50. The van der Waals surface area contributed by atoms with Crippen LogP contribution < -0.4 is 11.1 Å². The van der Waals surface area contributed by atoms with Crippen molar-refractivity contribution in [1.82, 2.24) is 0 Å². The van der Waals surface area contributed by atoms with Gasteiger partial charge in [0.05, 0.1) is 16.3 Å². The van der Waals surface area contributed by atoms with Crippen LogP contribution in [0.3, 0.4) is 0 Å². The van der Waals surface area contributed by atoms with Crippen LogP contribution in [0.5, 0.6) is 0 Å². The lowest BCUT2D eigenvalue weighted by Gasteiger charge is -2.11. The Labute approximate surface area is 110 Å². The quantitative estimate of drug-likeness (QED) is 0.844. The van der Waals surface area contributed by atoms with Gasteiger partial charge >= 0.3 is 0 Å². The molecule has 0 aliphatic heterocycles. The van der Waals surface area contributed by atoms with E-state index in [0.29, 0.717) is 12.2 Å². The van der Waals surface area contributed by atoms with Crippen LogP contribution in [0.25, 0.3) is 0 Å². The lowest BCUT2D eigenvalue weighted by Crippen LogP contribution is -2.07. The number of nitrogens with two attached hydrogens (primary N) is 1. The van der Waals surface area contributed by atoms with Crippen molar-refractivity contribution in [3.8, 4) is 0 Å². The molecule has 0 radical (unpaired) electrons. The fourth-order valence-electron chi connectivity index (χ4n) is 1.62. The molecule has 0 saturated heterocycles. The Balaban J connectivity index is 2.24. The number of anilines is 2. The predicted octanol–water partition coefficient (Wildman–Crippen LogP) is 2.35. The number of nitrogen functional groups attached to an aromatic ring is 1. The van der Waals surface area contributed by atoms with Gasteiger partial charge in [-0.3, -0.25) is 0 Å². The summed E-state index contributed by atoms with van der Waals surface area (Å²) >= 11 is 1.64. The van der Waals surface area contributed by atoms with Crippen LogP contribution in [0.1, 0.15) is 4.88 Å². The van der Waals surface area contributed by atoms with Gasteiger partial charge in [-0.05, 0) is 23.6 Å². The SMILES string of the molecule is CS(=O)(=O)c1cccc(NCc2cccs2)c1N. The van der Waals surface area contributed by atoms with Crippen LogP contribution >= 0.6 is 11.3 Å². The molecule has 2 aromatic rings. The second kappa shape index (κ2) is 4.99. The minimum absolute atomic E-state index is 0.165. The van der Waals surface area contributed by atoms with E-state index in [1.54, 1.807) is 23.5 Å². The maximum Gasteiger partial charge on any atom is 0.177 e. The Bertz CT molecular complexity index is 634. The highest BCUT2D eigenvalue weighted by atomic mass is 32.2. The number of para-hydroxylation sites is 1. The Morgan fingerprint density at radius 3 is 2.67 bits per heavy atom. The number of hydrogen-bond donors (Lipinski definition) is 2. The number of rotatable bonds is 4. The van der Waals surface area contributed by atoms with E-state index in [0.717, 1.165) is 6.26 Å². The smallest absolute Gasteiger partial charge is 0.177 e. The summed E-state index contributed by atoms with van der Waals surface area (Å²) in [5.41, 5.74) is 6.79. The van der Waals surface area contributed by atoms with E-state index >= 15 is 0 Å². The highest BCUT2D eigenvalue weighted by molar-refractivity contribution is 7.90. The summed E-state index contributed by atoms with van der Waals surface area (Å²) in [6.07, 6.45) is 1.15. The molecule has 0 fully saturated rings. The summed E-state index contributed by atoms with van der Waals surface area (Å²) in [5, 5.41) is 5.14. The fraction of sp³-hybridized carbons (Fsp3) is 0.167. The molecule has 18 heavy (non-hydrogen) atoms. The number of sulfone groups is 1. The zero-order chi connectivity index (χ0) is 13.2. The average Bonchev–Trinajstić information content (AvgIpc) is 2.79. The monoisotopic (exact) mass is 282 g/mol. The molecule has 0 saturated carbocycles. The Kier molecular flexibility index (Phi) is 3.58. The zero-order valence-corrected chi connectivity index (χ0v) is 11.5. The van der Waals surface area contributed by atoms with Crippen molar-refractivity contribution in [1.29, 1.82) is 0 Å². The molecule has 0 aliphatic rings. The molecule has 1 aromatic heterocycles. The number of nitrogens with one attached hydrogen (secondary N) is 1. The normalized spacial score (nSPS) is 11.4. The van der Waals surface area contributed by atoms with Gasteiger partial charge in [-0.1, -0.05) is 12.1 Å². The fourth-order valence-corrected chi connectivity index (χ4v) is 3.10. The first kappa shape index (κ1) is 12.9. The third-order valence-corrected chi connectivity index (χ3v) is 4.53. The molecule has 0 unspecified atom stereocenters. The van der Waals surface area contributed by atoms with Crippen molar-refractivity contribution in [3.63, 3.8) is 0 Å². The van der Waals surface area contributed by atoms with Crippen LogP contribution in [-0.4, -0.2) is 14.7 Å². The maximum atomic E-state index is 11.5. The van der Waals surface area contributed by atoms with Gasteiger partial charge < -0.3 is 11.1 Å². The van der Waals surface area contributed by atoms with E-state index in [9.17, 15) is 8.42 Å². The molecule has 0 bridgehead atoms. The first-order valence-corrected chi connectivity index (χ1v) is 8.10. The summed E-state index contributed by atoms with van der Waals surface area (Å²) in [6.45, 7) is 0.634. The first-order chi connectivity index (χ1) is 8.48. The van der Waals surface area contributed by atoms with Crippen molar-refractivity contribution >= 4 is 32.5 Å². The topological polar surface area (TPSA) is 72.2 Å². The van der Waals surface area contributed by atoms with Crippen molar-refractivity contribution in [2.75, 3.05) is 17.3 Å². The molecule has 0 aliphatic carbocycles. The van der Waals surface area contributed by atoms with Gasteiger partial charge in [-0.2, -0.15) is 0 Å². The van der Waals surface area contributed by atoms with Gasteiger partial charge in [0.1, 0.15) is 0 Å². The highest BCUT2D eigenvalue weighted by Crippen LogP contribution is 2.27. The molecule has 0 atom stereocenters. The highest BCUT2D eigenvalue weighted by Gasteiger charge is 2.13. The van der Waals surface area contributed by atoms with E-state index < -0.39 is 9.84 Å². The lowest BCUT2D eigenvalue weighted by molar-refractivity contribution is 0.602. The van der Waals surface area contributed by atoms with Gasteiger partial charge in [0, 0.05) is 17.7 Å². The van der Waals surface area contributed by atoms with Gasteiger partial charge in [-0.15, -0.1) is 11.3 Å². The molecule has 0 amide bonds. The van der Waals surface area contributed by atoms with Crippen LogP contribution in [0.2, 0.25) is 0 Å². The van der Waals surface area contributed by atoms with E-state index in [2.05, 4.69) is 5.32 Å². The first-order valence-electron chi connectivity index (χ1n) is 5.33. The summed E-state index contributed by atoms with van der Waals surface area (Å²) in [4.78, 5) is 1.33. The summed E-state index contributed by atoms with van der Waals surface area (Å²) in [5.74, 6) is 0. The molecular weight excluding hydrogens is 268 g/mol. The third kappa shape index (κ3) is 2.83.